The van der Waals surface area contributed by atoms with Crippen LogP contribution < -0.4 is 76.1 Å². The molecule has 0 spiro atoms. The van der Waals surface area contributed by atoms with Crippen molar-refractivity contribution in [3.05, 3.63) is 218 Å². The number of aromatic amines is 3. The maximum atomic E-state index is 15.9. The van der Waals surface area contributed by atoms with Crippen LogP contribution in [-0.4, -0.2) is 214 Å². The number of phosphoric ester groups is 4. The second kappa shape index (κ2) is 36.9. The minimum absolute atomic E-state index is 0.0144. The molecule has 696 valence electrons. The average molecular weight is 1920 g/mol. The van der Waals surface area contributed by atoms with Gasteiger partial charge in [0.1, 0.15) is 81.0 Å². The van der Waals surface area contributed by atoms with Gasteiger partial charge in [0.25, 0.3) is 46.0 Å². The smallest absolute Gasteiger partial charge is 0.493 e. The number of aromatic nitrogens is 6. The van der Waals surface area contributed by atoms with Crippen molar-refractivity contribution in [2.45, 2.75) is 124 Å². The molecule has 9 aliphatic rings. The summed E-state index contributed by atoms with van der Waals surface area (Å²) in [6, 6.07) is 18.6. The topological polar surface area (TPSA) is 612 Å². The van der Waals surface area contributed by atoms with E-state index in [1.165, 1.54) is 74.8 Å². The molecule has 59 heteroatoms. The molecule has 12 heterocycles. The van der Waals surface area contributed by atoms with Crippen molar-refractivity contribution in [3.63, 3.8) is 0 Å². The summed E-state index contributed by atoms with van der Waals surface area (Å²) in [6.45, 7) is -8.35. The Hall–Kier alpha value is -10.4. The first-order valence-electron chi connectivity index (χ1n) is 38.8. The normalized spacial score (nSPS) is 34.5. The van der Waals surface area contributed by atoms with Gasteiger partial charge in [-0.25, -0.2) is 50.2 Å². The summed E-state index contributed by atoms with van der Waals surface area (Å²) in [7, 11) is -13.5. The van der Waals surface area contributed by atoms with E-state index in [0.717, 1.165) is 0 Å². The number of nitrogens with zero attached hydrogens (tertiary/aromatic N) is 4. The molecule has 47 nitrogen and oxygen atoms in total. The number of hydrogen-bond acceptors (Lipinski definition) is 40. The molecule has 16 rings (SSSR count). The van der Waals surface area contributed by atoms with Crippen LogP contribution in [0.4, 0.5) is 35.1 Å². The van der Waals surface area contributed by atoms with E-state index in [1.54, 1.807) is 41.4 Å². The number of carbonyl (C=O) groups excluding carboxylic acids is 1. The van der Waals surface area contributed by atoms with Gasteiger partial charge in [-0.15, -0.1) is 0 Å². The van der Waals surface area contributed by atoms with Gasteiger partial charge in [0.05, 0.1) is 81.7 Å². The number of rotatable bonds is 20. The second-order valence-electron chi connectivity index (χ2n) is 27.0. The third kappa shape index (κ3) is 19.2. The zero-order valence-electron chi connectivity index (χ0n) is 70.8. The zero-order valence-corrected chi connectivity index (χ0v) is 68.4. The number of nitrogens with one attached hydrogen (secondary N) is 4. The largest absolute Gasteiger partial charge is 0.530 e. The molecule has 4 aromatic carbocycles. The molecule has 4 unspecified atom stereocenters. The first-order chi connectivity index (χ1) is 62.5. The Labute approximate surface area is 715 Å². The first-order valence-corrected chi connectivity index (χ1v) is 41.6. The number of hydrogen-bond donors (Lipinski definition) is 12. The highest BCUT2D eigenvalue weighted by molar-refractivity contribution is 7.49. The number of aliphatic hydroxyl groups excluding tert-OH is 8. The second-order valence-corrected chi connectivity index (χ2v) is 33.2. The number of fused-ring (bicyclic) bond motifs is 4. The summed E-state index contributed by atoms with van der Waals surface area (Å²) in [5.74, 6) is -22.1. The Morgan fingerprint density at radius 1 is 0.445 bits per heavy atom. The number of H-pyrrole nitrogens is 3. The number of halogens is 8. The van der Waals surface area contributed by atoms with Gasteiger partial charge >= 0.3 is 48.4 Å². The quantitative estimate of drug-likeness (QED) is 0.0384. The molecule has 0 saturated carbocycles. The summed E-state index contributed by atoms with van der Waals surface area (Å²) < 4.78 is 317. The van der Waals surface area contributed by atoms with E-state index in [2.05, 4.69) is 11.1 Å². The Kier molecular flexibility index (Phi) is 25.1. The Balaban J connectivity index is 0.000000152. The fourth-order valence-electron chi connectivity index (χ4n) is 12.2. The number of alkyl halides is 4. The van der Waals surface area contributed by atoms with E-state index in [1.807, 2.05) is 5.32 Å². The number of para-hydroxylation sites is 4. The van der Waals surface area contributed by atoms with Crippen LogP contribution >= 0.6 is 31.3 Å². The van der Waals surface area contributed by atoms with E-state index < -0.39 is 237 Å². The Bertz CT molecular complexity index is 6370. The molecule has 7 aromatic rings. The molecule has 4 fully saturated rings. The molecule has 20 atom stereocenters. The van der Waals surface area contributed by atoms with Gasteiger partial charge in [0.15, 0.2) is 70.9 Å². The lowest BCUT2D eigenvalue weighted by molar-refractivity contribution is -0.208. The van der Waals surface area contributed by atoms with Crippen LogP contribution in [0.1, 0.15) is 49.1 Å². The maximum Gasteiger partial charge on any atom is 0.530 e. The van der Waals surface area contributed by atoms with Gasteiger partial charge in [0.2, 0.25) is 23.3 Å². The van der Waals surface area contributed by atoms with E-state index in [-0.39, 0.29) is 80.7 Å². The average Bonchev–Trinajstić information content (AvgIpc) is 1.55. The van der Waals surface area contributed by atoms with Crippen molar-refractivity contribution in [1.82, 2.24) is 38.9 Å². The van der Waals surface area contributed by atoms with Crippen molar-refractivity contribution in [1.29, 1.82) is 0 Å². The van der Waals surface area contributed by atoms with Crippen LogP contribution in [0, 0.1) is 17.5 Å². The van der Waals surface area contributed by atoms with Gasteiger partial charge in [-0.1, -0.05) is 55.1 Å². The fourth-order valence-corrected chi connectivity index (χ4v) is 16.9. The van der Waals surface area contributed by atoms with Gasteiger partial charge in [-0.2, -0.15) is 17.6 Å². The highest BCUT2D eigenvalue weighted by Gasteiger charge is 2.63. The van der Waals surface area contributed by atoms with Crippen LogP contribution in [0.25, 0.3) is 0 Å². The van der Waals surface area contributed by atoms with Crippen LogP contribution in [-0.2, 0) is 105 Å². The molecule has 9 aliphatic heterocycles. The third-order valence-corrected chi connectivity index (χ3v) is 23.7. The minimum atomic E-state index is -4.94. The highest BCUT2D eigenvalue weighted by Crippen LogP contribution is 2.62. The van der Waals surface area contributed by atoms with Crippen molar-refractivity contribution >= 4 is 37.2 Å². The number of amides is 1. The Morgan fingerprint density at radius 2 is 0.742 bits per heavy atom. The predicted octanol–water partition coefficient (Wildman–Crippen LogP) is 2.19. The fraction of sp³-hybridized carbons (Fsp3) is 0.406. The monoisotopic (exact) mass is 1920 g/mol. The SMILES string of the molecule is COc1cccc2c1OP(=O)(OC[C@@]1(F)O[C@@H](n3cc(F)c(=O)[nH]c3=O)[C@H](O)[C@@H]1O)OC2.[2H]C([2H])(OP1(=O)OCc2cccc(OC)c2O1)[C@@]1(F)O[C@@H](n2cc(F)c(=O)[nH]c2=O)[C@H](O)[C@@H]1O.[2H]C([2H])(OP1(=O)OCc2cccc(OC)c2O1)[C@@]1(F)O[C@@]([2H])(N2C=C(F)C(=O)NC2=C)[C@H](O)[C@@H]1O.[2H][C@@]1(n2cc(F)c(=O)[nH]c2=O)O[C@](F)(COP2(=O)OCc3cccc(OC)c3O2)[C@@H](O)[C@H]1O. The van der Waals surface area contributed by atoms with E-state index >= 15 is 17.6 Å². The van der Waals surface area contributed by atoms with Gasteiger partial charge in [-0.3, -0.25) is 84.0 Å². The van der Waals surface area contributed by atoms with E-state index in [0.29, 0.717) is 44.1 Å². The number of phosphoric acid groups is 4. The van der Waals surface area contributed by atoms with Crippen LogP contribution in [0.2, 0.25) is 0 Å². The van der Waals surface area contributed by atoms with Gasteiger partial charge in [0, 0.05) is 28.5 Å². The minimum Gasteiger partial charge on any atom is -0.493 e. The standard InChI is InChI=1S/C18H19F2N2O9P.3C17H17F2N2O10P/c1-9-21-16(25)11(19)6-22(9)17-13(23)15(24)18(20,30-17)8-29-32(26)28-7-10-4-3-5-12(27-2)14(10)31-32;3*1-27-10-4-2-3-8-6-28-32(26,31-12(8)10)29-7-17(19)13(23)11(22)15(30-17)21-5-9(18)14(24)20-16(21)25/h3-6,13,15,17,23-24H,1,7-8H2,2H3,(H,21,25);3*2-5,11,13,15,22-23H,6-7H2,1H3,(H,20,24,25)/t13-,15+,17-,18-,32?;3*11-,13+,15-,17-,32?/m1111/s1/i8D2,17D;15D;7D2;. The molecular weight excluding hydrogens is 1840 g/mol. The lowest BCUT2D eigenvalue weighted by atomic mass is 10.1. The van der Waals surface area contributed by atoms with E-state index in [4.69, 9.17) is 95.9 Å². The molecule has 128 heavy (non-hydrogen) atoms. The van der Waals surface area contributed by atoms with Gasteiger partial charge in [-0.05, 0) is 24.3 Å². The molecule has 4 saturated heterocycles. The predicted molar refractivity (Wildman–Crippen MR) is 399 cm³/mol. The molecule has 12 N–H and O–H groups in total. The highest BCUT2D eigenvalue weighted by atomic mass is 31.2. The van der Waals surface area contributed by atoms with Crippen LogP contribution in [0.15, 0.2) is 145 Å². The van der Waals surface area contributed by atoms with Crippen LogP contribution in [0.5, 0.6) is 46.0 Å². The van der Waals surface area contributed by atoms with Crippen molar-refractivity contribution < 1.29 is 199 Å². The zero-order chi connectivity index (χ0) is 98.5. The number of benzene rings is 4. The lowest BCUT2D eigenvalue weighted by Gasteiger charge is -2.33. The molecule has 1 amide bonds. The van der Waals surface area contributed by atoms with Crippen molar-refractivity contribution in [2.75, 3.05) is 54.8 Å². The molecule has 3 aromatic heterocycles. The van der Waals surface area contributed by atoms with Gasteiger partial charge < -0.3 is 107 Å². The molecular formula is C69H70F8N8O39P4. The van der Waals surface area contributed by atoms with E-state index in [9.17, 15) is 110 Å². The summed E-state index contributed by atoms with van der Waals surface area (Å²) in [5.41, 5.74) is -6.54. The molecule has 0 aliphatic carbocycles. The third-order valence-electron chi connectivity index (χ3n) is 18.8. The molecule has 0 radical (unpaired) electrons. The lowest BCUT2D eigenvalue weighted by Crippen LogP contribution is -2.47. The molecule has 0 bridgehead atoms. The first kappa shape index (κ1) is 87.0. The van der Waals surface area contributed by atoms with Crippen molar-refractivity contribution in [3.8, 4) is 46.0 Å². The number of aliphatic hydroxyl groups is 8. The summed E-state index contributed by atoms with van der Waals surface area (Å²) in [4.78, 5) is 85.8. The summed E-state index contributed by atoms with van der Waals surface area (Å²) >= 11 is 0. The number of ether oxygens (including phenoxy) is 8. The number of methoxy groups -OCH3 is 4. The number of carbonyl (C=O) groups is 1. The van der Waals surface area contributed by atoms with Crippen molar-refractivity contribution in [2.24, 2.45) is 0 Å². The maximum absolute atomic E-state index is 15.9. The summed E-state index contributed by atoms with van der Waals surface area (Å²) in [6.07, 6.45) is -29.2. The van der Waals surface area contributed by atoms with Crippen LogP contribution in [0.3, 0.4) is 0 Å². The Morgan fingerprint density at radius 3 is 1.12 bits per heavy atom. The summed E-state index contributed by atoms with van der Waals surface area (Å²) in [5, 5.41) is 83.6.